The smallest absolute Gasteiger partial charge is 0.161 e. The van der Waals surface area contributed by atoms with Gasteiger partial charge in [0.2, 0.25) is 0 Å². The molecule has 0 radical (unpaired) electrons. The monoisotopic (exact) mass is 272 g/mol. The number of phenolic OH excluding ortho intramolecular Hbond substituents is 4. The lowest BCUT2D eigenvalue weighted by Gasteiger charge is -2.15. The fourth-order valence-corrected chi connectivity index (χ4v) is 3.07. The number of aromatic hydroxyl groups is 4. The summed E-state index contributed by atoms with van der Waals surface area (Å²) in [6.07, 6.45) is 0.759. The molecule has 0 aromatic heterocycles. The molecular formula is C16H16O4. The van der Waals surface area contributed by atoms with E-state index in [0.717, 1.165) is 17.5 Å². The molecule has 1 aliphatic rings. The largest absolute Gasteiger partial charge is 0.504 e. The Kier molecular flexibility index (Phi) is 2.74. The van der Waals surface area contributed by atoms with Crippen molar-refractivity contribution in [2.45, 2.75) is 25.2 Å². The van der Waals surface area contributed by atoms with E-state index in [0.29, 0.717) is 5.56 Å². The van der Waals surface area contributed by atoms with E-state index in [1.165, 1.54) is 6.07 Å². The van der Waals surface area contributed by atoms with Crippen molar-refractivity contribution in [2.24, 2.45) is 0 Å². The fraction of sp³-hybridized carbons (Fsp3) is 0.250. The number of phenols is 4. The lowest BCUT2D eigenvalue weighted by Crippen LogP contribution is -1.97. The molecule has 0 amide bonds. The van der Waals surface area contributed by atoms with E-state index in [9.17, 15) is 20.4 Å². The molecule has 3 rings (SSSR count). The zero-order valence-corrected chi connectivity index (χ0v) is 11.0. The molecule has 0 spiro atoms. The summed E-state index contributed by atoms with van der Waals surface area (Å²) in [7, 11) is 0. The van der Waals surface area contributed by atoms with Gasteiger partial charge in [-0.25, -0.2) is 0 Å². The molecule has 0 saturated heterocycles. The van der Waals surface area contributed by atoms with Crippen molar-refractivity contribution < 1.29 is 20.4 Å². The zero-order valence-electron chi connectivity index (χ0n) is 11.0. The van der Waals surface area contributed by atoms with Crippen LogP contribution in [0.3, 0.4) is 0 Å². The lowest BCUT2D eigenvalue weighted by molar-refractivity contribution is 0.396. The Morgan fingerprint density at radius 1 is 0.850 bits per heavy atom. The summed E-state index contributed by atoms with van der Waals surface area (Å²) in [5.41, 5.74) is 2.49. The summed E-state index contributed by atoms with van der Waals surface area (Å²) >= 11 is 0. The Bertz CT molecular complexity index is 678. The third-order valence-corrected chi connectivity index (χ3v) is 4.10. The van der Waals surface area contributed by atoms with Crippen LogP contribution in [-0.4, -0.2) is 20.4 Å². The molecule has 2 aromatic carbocycles. The van der Waals surface area contributed by atoms with Gasteiger partial charge in [-0.2, -0.15) is 0 Å². The average Bonchev–Trinajstić information content (AvgIpc) is 2.71. The van der Waals surface area contributed by atoms with E-state index < -0.39 is 0 Å². The first-order chi connectivity index (χ1) is 9.49. The Morgan fingerprint density at radius 2 is 1.50 bits per heavy atom. The van der Waals surface area contributed by atoms with Gasteiger partial charge < -0.3 is 20.4 Å². The van der Waals surface area contributed by atoms with Crippen LogP contribution >= 0.6 is 0 Å². The SMILES string of the molecule is CC1CC(c2cccc(O)c2O)c2cc(O)c(O)cc21. The maximum Gasteiger partial charge on any atom is 0.161 e. The topological polar surface area (TPSA) is 80.9 Å². The quantitative estimate of drug-likeness (QED) is 0.601. The molecule has 104 valence electrons. The molecular weight excluding hydrogens is 256 g/mol. The molecule has 2 atom stereocenters. The van der Waals surface area contributed by atoms with Crippen molar-refractivity contribution in [1.82, 2.24) is 0 Å². The van der Waals surface area contributed by atoms with Gasteiger partial charge in [0.1, 0.15) is 0 Å². The molecule has 4 nitrogen and oxygen atoms in total. The predicted molar refractivity (Wildman–Crippen MR) is 74.4 cm³/mol. The Balaban J connectivity index is 2.16. The van der Waals surface area contributed by atoms with Crippen molar-refractivity contribution in [1.29, 1.82) is 0 Å². The summed E-state index contributed by atoms with van der Waals surface area (Å²) in [6, 6.07) is 8.02. The second-order valence-electron chi connectivity index (χ2n) is 5.37. The minimum Gasteiger partial charge on any atom is -0.504 e. The highest BCUT2D eigenvalue weighted by atomic mass is 16.3. The maximum absolute atomic E-state index is 10.0. The molecule has 20 heavy (non-hydrogen) atoms. The maximum atomic E-state index is 10.0. The highest BCUT2D eigenvalue weighted by Crippen LogP contribution is 2.50. The molecule has 0 saturated carbocycles. The first-order valence-electron chi connectivity index (χ1n) is 6.55. The van der Waals surface area contributed by atoms with Crippen LogP contribution in [-0.2, 0) is 0 Å². The van der Waals surface area contributed by atoms with Gasteiger partial charge in [-0.05, 0) is 41.7 Å². The Hall–Kier alpha value is -2.36. The van der Waals surface area contributed by atoms with E-state index in [1.807, 2.05) is 6.92 Å². The van der Waals surface area contributed by atoms with Crippen molar-refractivity contribution in [3.8, 4) is 23.0 Å². The van der Waals surface area contributed by atoms with Crippen molar-refractivity contribution in [3.05, 3.63) is 47.0 Å². The molecule has 0 bridgehead atoms. The number of para-hydroxylation sites is 1. The van der Waals surface area contributed by atoms with Crippen LogP contribution in [0.4, 0.5) is 0 Å². The number of hydrogen-bond acceptors (Lipinski definition) is 4. The molecule has 2 unspecified atom stereocenters. The summed E-state index contributed by atoms with van der Waals surface area (Å²) in [4.78, 5) is 0. The van der Waals surface area contributed by atoms with E-state index in [4.69, 9.17) is 0 Å². The molecule has 0 heterocycles. The molecule has 2 aromatic rings. The van der Waals surface area contributed by atoms with Gasteiger partial charge in [-0.15, -0.1) is 0 Å². The number of rotatable bonds is 1. The van der Waals surface area contributed by atoms with Crippen molar-refractivity contribution in [3.63, 3.8) is 0 Å². The van der Waals surface area contributed by atoms with Crippen LogP contribution < -0.4 is 0 Å². The van der Waals surface area contributed by atoms with Crippen LogP contribution in [0.25, 0.3) is 0 Å². The van der Waals surface area contributed by atoms with Crippen LogP contribution in [0.2, 0.25) is 0 Å². The normalized spacial score (nSPS) is 20.9. The van der Waals surface area contributed by atoms with Gasteiger partial charge in [0, 0.05) is 11.5 Å². The fourth-order valence-electron chi connectivity index (χ4n) is 3.07. The number of fused-ring (bicyclic) bond motifs is 1. The van der Waals surface area contributed by atoms with Gasteiger partial charge >= 0.3 is 0 Å². The second-order valence-corrected chi connectivity index (χ2v) is 5.37. The van der Waals surface area contributed by atoms with Crippen molar-refractivity contribution in [2.75, 3.05) is 0 Å². The molecule has 0 fully saturated rings. The first-order valence-corrected chi connectivity index (χ1v) is 6.55. The van der Waals surface area contributed by atoms with Gasteiger partial charge in [-0.1, -0.05) is 19.1 Å². The standard InChI is InChI=1S/C16H16O4/c1-8-5-11(9-3-2-4-13(17)16(9)20)12-7-15(19)14(18)6-10(8)12/h2-4,6-8,11,17-20H,5H2,1H3. The van der Waals surface area contributed by atoms with Crippen molar-refractivity contribution >= 4 is 0 Å². The van der Waals surface area contributed by atoms with Gasteiger partial charge in [0.25, 0.3) is 0 Å². The first kappa shape index (κ1) is 12.7. The number of benzene rings is 2. The van der Waals surface area contributed by atoms with Crippen LogP contribution in [0.5, 0.6) is 23.0 Å². The third-order valence-electron chi connectivity index (χ3n) is 4.10. The van der Waals surface area contributed by atoms with Gasteiger partial charge in [-0.3, -0.25) is 0 Å². The summed E-state index contributed by atoms with van der Waals surface area (Å²) in [6.45, 7) is 2.04. The van der Waals surface area contributed by atoms with Crippen LogP contribution in [0.1, 0.15) is 41.9 Å². The van der Waals surface area contributed by atoms with Crippen LogP contribution in [0.15, 0.2) is 30.3 Å². The lowest BCUT2D eigenvalue weighted by atomic mass is 9.91. The molecule has 0 aliphatic heterocycles. The Morgan fingerprint density at radius 3 is 2.20 bits per heavy atom. The van der Waals surface area contributed by atoms with Crippen LogP contribution in [0, 0.1) is 0 Å². The minimum atomic E-state index is -0.164. The zero-order chi connectivity index (χ0) is 14.4. The average molecular weight is 272 g/mol. The molecule has 4 N–H and O–H groups in total. The van der Waals surface area contributed by atoms with E-state index in [1.54, 1.807) is 24.3 Å². The third kappa shape index (κ3) is 1.76. The minimum absolute atomic E-state index is 0.0985. The molecule has 4 heteroatoms. The number of hydrogen-bond donors (Lipinski definition) is 4. The highest BCUT2D eigenvalue weighted by Gasteiger charge is 2.32. The van der Waals surface area contributed by atoms with Gasteiger partial charge in [0.15, 0.2) is 23.0 Å². The van der Waals surface area contributed by atoms with Gasteiger partial charge in [0.05, 0.1) is 0 Å². The predicted octanol–water partition coefficient (Wildman–Crippen LogP) is 3.15. The Labute approximate surface area is 116 Å². The summed E-state index contributed by atoms with van der Waals surface area (Å²) in [5.74, 6) is -0.447. The summed E-state index contributed by atoms with van der Waals surface area (Å²) < 4.78 is 0. The second kappa shape index (κ2) is 4.34. The van der Waals surface area contributed by atoms with E-state index in [-0.39, 0.29) is 34.8 Å². The molecule has 1 aliphatic carbocycles. The van der Waals surface area contributed by atoms with E-state index in [2.05, 4.69) is 0 Å². The van der Waals surface area contributed by atoms with E-state index >= 15 is 0 Å². The highest BCUT2D eigenvalue weighted by molar-refractivity contribution is 5.57. The summed E-state index contributed by atoms with van der Waals surface area (Å²) in [5, 5.41) is 39.0.